The number of aromatic nitrogens is 2. The molecule has 138 valence electrons. The fourth-order valence-corrected chi connectivity index (χ4v) is 2.91. The van der Waals surface area contributed by atoms with E-state index in [2.05, 4.69) is 15.5 Å². The molecule has 27 heavy (non-hydrogen) atoms. The van der Waals surface area contributed by atoms with E-state index in [1.54, 1.807) is 18.2 Å². The van der Waals surface area contributed by atoms with Gasteiger partial charge in [0, 0.05) is 5.56 Å². The summed E-state index contributed by atoms with van der Waals surface area (Å²) in [6.07, 6.45) is 0.535. The number of aryl methyl sites for hydroxylation is 1. The van der Waals surface area contributed by atoms with Gasteiger partial charge in [0.2, 0.25) is 6.79 Å². The third-order valence-corrected chi connectivity index (χ3v) is 4.27. The van der Waals surface area contributed by atoms with Crippen LogP contribution in [0, 0.1) is 11.6 Å². The zero-order chi connectivity index (χ0) is 19.0. The number of rotatable bonds is 4. The van der Waals surface area contributed by atoms with Crippen LogP contribution in [-0.2, 0) is 6.42 Å². The zero-order valence-corrected chi connectivity index (χ0v) is 14.3. The molecule has 0 bridgehead atoms. The van der Waals surface area contributed by atoms with E-state index >= 15 is 0 Å². The first kappa shape index (κ1) is 17.0. The lowest BCUT2D eigenvalue weighted by Gasteiger charge is -2.09. The first-order valence-electron chi connectivity index (χ1n) is 8.31. The third kappa shape index (κ3) is 2.99. The minimum absolute atomic E-state index is 0.135. The van der Waals surface area contributed by atoms with Crippen LogP contribution in [0.4, 0.5) is 14.5 Å². The Kier molecular flexibility index (Phi) is 4.23. The van der Waals surface area contributed by atoms with Crippen LogP contribution < -0.4 is 14.8 Å². The molecule has 3 aromatic rings. The van der Waals surface area contributed by atoms with Crippen molar-refractivity contribution in [2.45, 2.75) is 13.3 Å². The van der Waals surface area contributed by atoms with Crippen molar-refractivity contribution in [1.82, 2.24) is 10.2 Å². The summed E-state index contributed by atoms with van der Waals surface area (Å²) < 4.78 is 38.5. The predicted molar refractivity (Wildman–Crippen MR) is 93.8 cm³/mol. The van der Waals surface area contributed by atoms with E-state index in [0.717, 1.165) is 12.1 Å². The van der Waals surface area contributed by atoms with Crippen molar-refractivity contribution in [2.24, 2.45) is 0 Å². The van der Waals surface area contributed by atoms with Crippen molar-refractivity contribution in [1.29, 1.82) is 0 Å². The van der Waals surface area contributed by atoms with E-state index in [4.69, 9.17) is 9.47 Å². The second-order valence-corrected chi connectivity index (χ2v) is 5.90. The van der Waals surface area contributed by atoms with Gasteiger partial charge >= 0.3 is 0 Å². The van der Waals surface area contributed by atoms with Gasteiger partial charge in [0.05, 0.1) is 11.4 Å². The van der Waals surface area contributed by atoms with Gasteiger partial charge in [0.1, 0.15) is 22.9 Å². The van der Waals surface area contributed by atoms with Gasteiger partial charge in [-0.2, -0.15) is 5.10 Å². The average Bonchev–Trinajstić information content (AvgIpc) is 3.27. The first-order valence-corrected chi connectivity index (χ1v) is 8.31. The molecule has 8 heteroatoms. The van der Waals surface area contributed by atoms with Crippen molar-refractivity contribution in [3.63, 3.8) is 0 Å². The van der Waals surface area contributed by atoms with Crippen molar-refractivity contribution >= 4 is 11.6 Å². The molecule has 2 heterocycles. The zero-order valence-electron chi connectivity index (χ0n) is 14.3. The molecule has 1 aromatic heterocycles. The van der Waals surface area contributed by atoms with Crippen molar-refractivity contribution < 1.29 is 23.0 Å². The Balaban J connectivity index is 1.73. The van der Waals surface area contributed by atoms with E-state index in [-0.39, 0.29) is 6.79 Å². The molecule has 0 spiro atoms. The maximum Gasteiger partial charge on any atom is 0.261 e. The number of anilines is 1. The van der Waals surface area contributed by atoms with Crippen LogP contribution in [0.1, 0.15) is 23.0 Å². The van der Waals surface area contributed by atoms with Gasteiger partial charge in [-0.3, -0.25) is 9.89 Å². The van der Waals surface area contributed by atoms with Crippen LogP contribution in [0.2, 0.25) is 0 Å². The highest BCUT2D eigenvalue weighted by atomic mass is 19.1. The van der Waals surface area contributed by atoms with Crippen LogP contribution in [-0.4, -0.2) is 22.9 Å². The predicted octanol–water partition coefficient (Wildman–Crippen LogP) is 3.90. The lowest BCUT2D eigenvalue weighted by molar-refractivity contribution is 0.101. The van der Waals surface area contributed by atoms with Gasteiger partial charge in [0.15, 0.2) is 11.5 Å². The van der Waals surface area contributed by atoms with Crippen molar-refractivity contribution in [3.8, 4) is 22.8 Å². The normalized spacial score (nSPS) is 12.3. The van der Waals surface area contributed by atoms with Crippen LogP contribution in [0.3, 0.4) is 0 Å². The number of fused-ring (bicyclic) bond motifs is 1. The number of benzene rings is 2. The maximum atomic E-state index is 13.9. The molecule has 0 saturated carbocycles. The van der Waals surface area contributed by atoms with Crippen molar-refractivity contribution in [2.75, 3.05) is 12.1 Å². The smallest absolute Gasteiger partial charge is 0.261 e. The number of amides is 1. The molecule has 2 N–H and O–H groups in total. The molecule has 2 aromatic carbocycles. The van der Waals surface area contributed by atoms with Crippen LogP contribution >= 0.6 is 0 Å². The molecular formula is C19H15F2N3O3. The number of aromatic amines is 1. The summed E-state index contributed by atoms with van der Waals surface area (Å²) >= 11 is 0. The van der Waals surface area contributed by atoms with Crippen LogP contribution in [0.25, 0.3) is 11.3 Å². The highest BCUT2D eigenvalue weighted by Crippen LogP contribution is 2.38. The van der Waals surface area contributed by atoms with Gasteiger partial charge < -0.3 is 14.8 Å². The standard InChI is InChI=1S/C19H15F2N3O3/c1-2-13-18(22-19(25)16-11(20)4-3-5-12(16)21)17(24-23-13)10-6-7-14-15(8-10)27-9-26-14/h3-8H,2,9H2,1H3,(H,22,25)(H,23,24). The maximum absolute atomic E-state index is 13.9. The highest BCUT2D eigenvalue weighted by molar-refractivity contribution is 6.06. The Morgan fingerprint density at radius 2 is 1.93 bits per heavy atom. The monoisotopic (exact) mass is 371 g/mol. The Labute approximate surface area is 153 Å². The van der Waals surface area contributed by atoms with Gasteiger partial charge in [-0.05, 0) is 36.8 Å². The first-order chi connectivity index (χ1) is 13.1. The summed E-state index contributed by atoms with van der Waals surface area (Å²) in [6.45, 7) is 2.01. The van der Waals surface area contributed by atoms with E-state index in [9.17, 15) is 13.6 Å². The van der Waals surface area contributed by atoms with E-state index in [0.29, 0.717) is 40.6 Å². The van der Waals surface area contributed by atoms with E-state index in [1.807, 2.05) is 6.92 Å². The second-order valence-electron chi connectivity index (χ2n) is 5.90. The van der Waals surface area contributed by atoms with Crippen LogP contribution in [0.5, 0.6) is 11.5 Å². The molecule has 4 rings (SSSR count). The SMILES string of the molecule is CCc1[nH]nc(-c2ccc3c(c2)OCO3)c1NC(=O)c1c(F)cccc1F. The Morgan fingerprint density at radius 3 is 2.67 bits per heavy atom. The number of carbonyl (C=O) groups excluding carboxylic acids is 1. The molecule has 0 radical (unpaired) electrons. The Bertz CT molecular complexity index is 1010. The molecule has 0 fully saturated rings. The fraction of sp³-hybridized carbons (Fsp3) is 0.158. The van der Waals surface area contributed by atoms with E-state index in [1.165, 1.54) is 6.07 Å². The highest BCUT2D eigenvalue weighted by Gasteiger charge is 2.23. The summed E-state index contributed by atoms with van der Waals surface area (Å²) in [5.41, 5.74) is 1.46. The average molecular weight is 371 g/mol. The number of nitrogens with one attached hydrogen (secondary N) is 2. The van der Waals surface area contributed by atoms with Crippen LogP contribution in [0.15, 0.2) is 36.4 Å². The topological polar surface area (TPSA) is 76.2 Å². The number of ether oxygens (including phenoxy) is 2. The Hall–Kier alpha value is -3.42. The van der Waals surface area contributed by atoms with Gasteiger partial charge in [-0.25, -0.2) is 8.78 Å². The summed E-state index contributed by atoms with van der Waals surface area (Å²) in [6, 6.07) is 8.51. The fourth-order valence-electron chi connectivity index (χ4n) is 2.91. The summed E-state index contributed by atoms with van der Waals surface area (Å²) in [4.78, 5) is 12.5. The van der Waals surface area contributed by atoms with Gasteiger partial charge in [0.25, 0.3) is 5.91 Å². The molecule has 1 aliphatic rings. The second kappa shape index (κ2) is 6.71. The summed E-state index contributed by atoms with van der Waals surface area (Å²) in [5.74, 6) is -1.57. The van der Waals surface area contributed by atoms with Crippen molar-refractivity contribution in [3.05, 3.63) is 59.3 Å². The molecule has 0 atom stereocenters. The minimum atomic E-state index is -0.932. The number of carbonyl (C=O) groups is 1. The molecule has 0 aliphatic carbocycles. The minimum Gasteiger partial charge on any atom is -0.454 e. The third-order valence-electron chi connectivity index (χ3n) is 4.27. The summed E-state index contributed by atoms with van der Waals surface area (Å²) in [7, 11) is 0. The number of hydrogen-bond donors (Lipinski definition) is 2. The summed E-state index contributed by atoms with van der Waals surface area (Å²) in [5, 5.41) is 9.69. The molecule has 0 unspecified atom stereocenters. The number of hydrogen-bond acceptors (Lipinski definition) is 4. The molecule has 1 aliphatic heterocycles. The number of H-pyrrole nitrogens is 1. The van der Waals surface area contributed by atoms with Gasteiger partial charge in [-0.15, -0.1) is 0 Å². The van der Waals surface area contributed by atoms with E-state index < -0.39 is 23.1 Å². The van der Waals surface area contributed by atoms with Gasteiger partial charge in [-0.1, -0.05) is 13.0 Å². The molecule has 6 nitrogen and oxygen atoms in total. The quantitative estimate of drug-likeness (QED) is 0.729. The number of halogens is 2. The molecule has 1 amide bonds. The molecular weight excluding hydrogens is 356 g/mol. The largest absolute Gasteiger partial charge is 0.454 e. The number of nitrogens with zero attached hydrogens (tertiary/aromatic N) is 1. The Morgan fingerprint density at radius 1 is 1.19 bits per heavy atom. The molecule has 0 saturated heterocycles. The lowest BCUT2D eigenvalue weighted by Crippen LogP contribution is -2.17. The lowest BCUT2D eigenvalue weighted by atomic mass is 10.1.